The van der Waals surface area contributed by atoms with Crippen LogP contribution in [0.2, 0.25) is 0 Å². The Kier molecular flexibility index (Phi) is 28.9. The van der Waals surface area contributed by atoms with Crippen molar-refractivity contribution < 1.29 is 92.0 Å². The number of hydrogen-bond donors (Lipinski definition) is 20. The first-order valence-electron chi connectivity index (χ1n) is 33.4. The van der Waals surface area contributed by atoms with E-state index >= 15 is 14.4 Å². The van der Waals surface area contributed by atoms with E-state index < -0.39 is 218 Å². The Labute approximate surface area is 610 Å². The number of carbonyl (C=O) groups is 16. The molecule has 5 heterocycles. The Morgan fingerprint density at radius 1 is 0.472 bits per heavy atom. The molecule has 2 fully saturated rings. The summed E-state index contributed by atoms with van der Waals surface area (Å²) < 4.78 is 0. The number of nitrogens with zero attached hydrogens (tertiary/aromatic N) is 1. The van der Waals surface area contributed by atoms with Crippen LogP contribution in [0.15, 0.2) is 104 Å². The van der Waals surface area contributed by atoms with Crippen molar-refractivity contribution in [3.8, 4) is 0 Å². The van der Waals surface area contributed by atoms with Crippen LogP contribution in [0.1, 0.15) is 80.7 Å². The normalized spacial score (nSPS) is 23.3. The number of aromatic amines is 3. The van der Waals surface area contributed by atoms with Crippen LogP contribution in [0, 0.1) is 0 Å². The number of nitrogens with one attached hydrogen (secondary N) is 16. The minimum absolute atomic E-state index is 0.0337. The average Bonchev–Trinajstić information content (AvgIpc) is 1.65. The number of aromatic nitrogens is 4. The quantitative estimate of drug-likeness (QED) is 0.0277. The number of carboxylic acid groups (broad SMARTS) is 3. The van der Waals surface area contributed by atoms with Gasteiger partial charge in [0.1, 0.15) is 60.4 Å². The van der Waals surface area contributed by atoms with E-state index in [2.05, 4.69) is 89.1 Å². The molecular weight excluding hydrogens is 1420 g/mol. The molecule has 0 saturated carbocycles. The Morgan fingerprint density at radius 3 is 1.40 bits per heavy atom. The Bertz CT molecular complexity index is 4230. The molecule has 0 aliphatic carbocycles. The van der Waals surface area contributed by atoms with Crippen LogP contribution in [0.4, 0.5) is 9.59 Å². The number of fused-ring (bicyclic) bond motifs is 6. The van der Waals surface area contributed by atoms with Gasteiger partial charge >= 0.3 is 30.0 Å². The molecule has 1 unspecified atom stereocenters. The zero-order chi connectivity index (χ0) is 76.6. The SMILES string of the molecule is C[C@@H]1NC(=O)[C@@H]2CSSC(NC(=O)[C@H](Cc3c[nH]c4ccccc34)NC(=O)[C@H](CCC(=O)O)NC(=O)[C@H](CCC(=O)O)NC(=O)[C@H](CCC(=O)O)NC1=O)C(=O)NC(=O)N[C@@H](Cc1c[nH]cn1)C(=O)N[C@H](Cc1ccccc1)C(=O)N[C@@H](CCCNC(N)=O)C(=O)N[C@@H](Cc1c[nH]c3ccccc13)C(=O)N2. The topological polar surface area (TPSA) is 576 Å². The van der Waals surface area contributed by atoms with Gasteiger partial charge in [0.2, 0.25) is 59.1 Å². The molecule has 2 aliphatic rings. The molecule has 37 nitrogen and oxygen atoms in total. The number of primary amides is 1. The lowest BCUT2D eigenvalue weighted by atomic mass is 10.0. The van der Waals surface area contributed by atoms with E-state index in [-0.39, 0.29) is 37.9 Å². The van der Waals surface area contributed by atoms with Gasteiger partial charge in [-0.15, -0.1) is 0 Å². The number of para-hydroxylation sites is 2. The Hall–Kier alpha value is -12.0. The van der Waals surface area contributed by atoms with Crippen molar-refractivity contribution in [3.63, 3.8) is 0 Å². The van der Waals surface area contributed by atoms with Crippen LogP contribution < -0.4 is 74.9 Å². The van der Waals surface area contributed by atoms with E-state index in [0.29, 0.717) is 60.1 Å². The van der Waals surface area contributed by atoms with Gasteiger partial charge in [0.05, 0.1) is 12.0 Å². The predicted molar refractivity (Wildman–Crippen MR) is 379 cm³/mol. The molecule has 8 rings (SSSR count). The summed E-state index contributed by atoms with van der Waals surface area (Å²) in [4.78, 5) is 239. The number of aliphatic carboxylic acids is 3. The molecule has 21 N–H and O–H groups in total. The third-order valence-electron chi connectivity index (χ3n) is 16.9. The van der Waals surface area contributed by atoms with Crippen molar-refractivity contribution in [1.82, 2.24) is 89.1 Å². The summed E-state index contributed by atoms with van der Waals surface area (Å²) in [6, 6.07) is 1.83. The first-order valence-corrected chi connectivity index (χ1v) is 35.8. The molecular formula is C67H80N18O19S2. The van der Waals surface area contributed by atoms with Gasteiger partial charge in [-0.3, -0.25) is 72.4 Å². The molecule has 564 valence electrons. The molecule has 3 aromatic heterocycles. The monoisotopic (exact) mass is 1500 g/mol. The summed E-state index contributed by atoms with van der Waals surface area (Å²) in [7, 11) is 1.04. The highest BCUT2D eigenvalue weighted by atomic mass is 33.1. The summed E-state index contributed by atoms with van der Waals surface area (Å²) in [5, 5.41) is 60.4. The lowest BCUT2D eigenvalue weighted by molar-refractivity contribution is -0.140. The van der Waals surface area contributed by atoms with Crippen molar-refractivity contribution >= 4 is 138 Å². The molecule has 39 heteroatoms. The summed E-state index contributed by atoms with van der Waals surface area (Å²) in [5.74, 6) is -18.0. The second kappa shape index (κ2) is 38.5. The van der Waals surface area contributed by atoms with Gasteiger partial charge in [0, 0.05) is 97.6 Å². The van der Waals surface area contributed by atoms with Gasteiger partial charge in [-0.2, -0.15) is 0 Å². The van der Waals surface area contributed by atoms with Gasteiger partial charge in [-0.25, -0.2) is 14.6 Å². The minimum atomic E-state index is -2.02. The van der Waals surface area contributed by atoms with Crippen LogP contribution in [0.3, 0.4) is 0 Å². The van der Waals surface area contributed by atoms with Gasteiger partial charge < -0.3 is 99.8 Å². The first kappa shape index (κ1) is 79.7. The number of carboxylic acids is 3. The third-order valence-corrected chi connectivity index (χ3v) is 19.5. The zero-order valence-corrected chi connectivity index (χ0v) is 58.4. The van der Waals surface area contributed by atoms with Crippen LogP contribution in [-0.2, 0) is 92.8 Å². The molecule has 106 heavy (non-hydrogen) atoms. The van der Waals surface area contributed by atoms with E-state index in [1.165, 1.54) is 18.7 Å². The fourth-order valence-corrected chi connectivity index (χ4v) is 13.8. The standard InChI is InChI=1S/C67H80N18O19S2/c1-33-54(92)75-43(17-20-51(86)87)56(94)77-44(18-21-52(88)89)57(95)78-45(19-22-53(90)91)58(96)81-48(26-36-29-72-41-15-8-6-13-39(36)41)62(100)84-65-64(102)85-67(104)83-49(27-37-30-69-32-73-37)61(99)79-46(24-34-10-3-2-4-11-34)59(97)76-42(16-9-23-70-66(68)103)55(93)80-47(25-35-28-71-40-14-7-5-12-38(35)40)60(98)82-50(31-105-106-65)63(101)74-33/h2-8,10-15,28-30,32-33,42-50,65,71-72H,9,16-27,31H2,1H3,(H,69,73)(H,74,101)(H,75,92)(H,76,97)(H,77,94)(H,78,95)(H,79,99)(H,80,93)(H,81,96)(H,82,98)(H,84,100)(H,86,87)(H,88,89)(H,90,91)(H3,68,70,103)(H2,83,85,102,104)/t33-,42-,43-,44-,45-,46+,47-,48-,49-,50-,65?/m0/s1. The van der Waals surface area contributed by atoms with E-state index in [9.17, 15) is 77.6 Å². The second-order valence-electron chi connectivity index (χ2n) is 24.8. The van der Waals surface area contributed by atoms with E-state index in [0.717, 1.165) is 6.92 Å². The fourth-order valence-electron chi connectivity index (χ4n) is 11.4. The zero-order valence-electron chi connectivity index (χ0n) is 56.8. The van der Waals surface area contributed by atoms with E-state index in [4.69, 9.17) is 5.73 Å². The minimum Gasteiger partial charge on any atom is -0.481 e. The number of amides is 15. The number of benzene rings is 3. The van der Waals surface area contributed by atoms with Crippen molar-refractivity contribution in [2.45, 2.75) is 150 Å². The van der Waals surface area contributed by atoms with Crippen molar-refractivity contribution in [3.05, 3.63) is 126 Å². The molecule has 0 radical (unpaired) electrons. The largest absolute Gasteiger partial charge is 0.481 e. The van der Waals surface area contributed by atoms with Crippen LogP contribution in [-0.4, -0.2) is 208 Å². The summed E-state index contributed by atoms with van der Waals surface area (Å²) in [6.45, 7) is 0.995. The maximum absolute atomic E-state index is 15.4. The van der Waals surface area contributed by atoms with Gasteiger partial charge in [-0.1, -0.05) is 88.3 Å². The third kappa shape index (κ3) is 23.8. The number of hydrogen-bond acceptors (Lipinski definition) is 19. The highest BCUT2D eigenvalue weighted by molar-refractivity contribution is 8.77. The number of imidazole rings is 1. The molecule has 15 amide bonds. The molecule has 11 atom stereocenters. The van der Waals surface area contributed by atoms with Gasteiger partial charge in [0.15, 0.2) is 5.37 Å². The number of imide groups is 1. The molecule has 2 aliphatic heterocycles. The predicted octanol–water partition coefficient (Wildman–Crippen LogP) is -1.89. The van der Waals surface area contributed by atoms with Crippen LogP contribution in [0.5, 0.6) is 0 Å². The number of urea groups is 2. The highest BCUT2D eigenvalue weighted by Crippen LogP contribution is 2.28. The summed E-state index contributed by atoms with van der Waals surface area (Å²) in [5.41, 5.74) is 7.97. The molecule has 2 bridgehead atoms. The first-order chi connectivity index (χ1) is 50.7. The highest BCUT2D eigenvalue weighted by Gasteiger charge is 2.39. The van der Waals surface area contributed by atoms with E-state index in [1.807, 2.05) is 0 Å². The number of carbonyl (C=O) groups excluding carboxylic acids is 13. The van der Waals surface area contributed by atoms with Crippen LogP contribution in [0.25, 0.3) is 21.8 Å². The van der Waals surface area contributed by atoms with Gasteiger partial charge in [-0.05, 0) is 67.9 Å². The summed E-state index contributed by atoms with van der Waals surface area (Å²) in [6.07, 6.45) is -0.651. The maximum Gasteiger partial charge on any atom is 0.322 e. The van der Waals surface area contributed by atoms with Crippen molar-refractivity contribution in [2.75, 3.05) is 12.3 Å². The Morgan fingerprint density at radius 2 is 0.906 bits per heavy atom. The van der Waals surface area contributed by atoms with Crippen LogP contribution >= 0.6 is 21.6 Å². The number of nitrogens with two attached hydrogens (primary N) is 1. The second-order valence-corrected chi connectivity index (χ2v) is 27.3. The van der Waals surface area contributed by atoms with Crippen molar-refractivity contribution in [2.24, 2.45) is 5.73 Å². The maximum atomic E-state index is 15.4. The smallest absolute Gasteiger partial charge is 0.322 e. The fraction of sp³-hybridized carbons (Fsp3) is 0.388. The lowest BCUT2D eigenvalue weighted by Gasteiger charge is -2.28. The molecule has 3 aromatic carbocycles. The average molecular weight is 1510 g/mol. The molecule has 6 aromatic rings. The molecule has 0 spiro atoms. The van der Waals surface area contributed by atoms with Gasteiger partial charge in [0.25, 0.3) is 5.91 Å². The number of H-pyrrole nitrogens is 3. The molecule has 2 saturated heterocycles. The van der Waals surface area contributed by atoms with Crippen molar-refractivity contribution in [1.29, 1.82) is 0 Å². The lowest BCUT2D eigenvalue weighted by Crippen LogP contribution is -2.61. The van der Waals surface area contributed by atoms with E-state index in [1.54, 1.807) is 85.1 Å². The summed E-state index contributed by atoms with van der Waals surface area (Å²) >= 11 is 0. The number of rotatable bonds is 21. The Balaban J connectivity index is 1.27.